The first-order chi connectivity index (χ1) is 8.83. The first-order valence-electron chi connectivity index (χ1n) is 6.32. The van der Waals surface area contributed by atoms with Crippen LogP contribution in [0.1, 0.15) is 6.92 Å². The third kappa shape index (κ3) is 2.52. The Kier molecular flexibility index (Phi) is 2.99. The molecule has 0 N–H and O–H groups in total. The lowest BCUT2D eigenvalue weighted by molar-refractivity contribution is 0.423. The first-order valence-corrected chi connectivity index (χ1v) is 6.32. The molecule has 0 aromatic heterocycles. The molecule has 1 nitrogen and oxygen atoms in total. The number of hydrogen-bond acceptors (Lipinski definition) is 1. The summed E-state index contributed by atoms with van der Waals surface area (Å²) >= 11 is 0. The Balaban J connectivity index is 0.000000214. The smallest absolute Gasteiger partial charge is 0.0781 e. The van der Waals surface area contributed by atoms with Crippen molar-refractivity contribution in [3.8, 4) is 0 Å². The molecule has 3 aromatic carbocycles. The summed E-state index contributed by atoms with van der Waals surface area (Å²) in [5.41, 5.74) is 0. The van der Waals surface area contributed by atoms with Crippen molar-refractivity contribution < 1.29 is 4.74 Å². The van der Waals surface area contributed by atoms with E-state index in [1.54, 1.807) is 0 Å². The molecule has 1 aliphatic heterocycles. The predicted octanol–water partition coefficient (Wildman–Crippen LogP) is 4.40. The van der Waals surface area contributed by atoms with E-state index in [4.69, 9.17) is 4.74 Å². The van der Waals surface area contributed by atoms with Crippen molar-refractivity contribution >= 4 is 21.5 Å². The summed E-state index contributed by atoms with van der Waals surface area (Å²) in [6, 6.07) is 21.4. The lowest BCUT2D eigenvalue weighted by atomic mass is 10.0. The van der Waals surface area contributed by atoms with Gasteiger partial charge < -0.3 is 4.74 Å². The fraction of sp³-hybridized carbons (Fsp3) is 0.176. The van der Waals surface area contributed by atoms with Gasteiger partial charge in [0.15, 0.2) is 0 Å². The van der Waals surface area contributed by atoms with Crippen LogP contribution >= 0.6 is 0 Å². The number of hydrogen-bond donors (Lipinski definition) is 0. The largest absolute Gasteiger partial charge is 0.373 e. The Labute approximate surface area is 107 Å². The highest BCUT2D eigenvalue weighted by atomic mass is 16.6. The van der Waals surface area contributed by atoms with Gasteiger partial charge >= 0.3 is 0 Å². The molecule has 0 spiro atoms. The van der Waals surface area contributed by atoms with E-state index in [-0.39, 0.29) is 0 Å². The number of rotatable bonds is 0. The monoisotopic (exact) mass is 236 g/mol. The molecule has 1 unspecified atom stereocenters. The zero-order valence-corrected chi connectivity index (χ0v) is 10.5. The average molecular weight is 236 g/mol. The molecule has 0 saturated carbocycles. The normalized spacial score (nSPS) is 17.3. The summed E-state index contributed by atoms with van der Waals surface area (Å²) in [7, 11) is 0. The van der Waals surface area contributed by atoms with Gasteiger partial charge in [-0.1, -0.05) is 48.5 Å². The van der Waals surface area contributed by atoms with Crippen molar-refractivity contribution in [2.75, 3.05) is 6.61 Å². The van der Waals surface area contributed by atoms with Crippen LogP contribution in [0.15, 0.2) is 60.7 Å². The molecule has 1 heteroatoms. The van der Waals surface area contributed by atoms with E-state index >= 15 is 0 Å². The topological polar surface area (TPSA) is 12.5 Å². The molecule has 0 amide bonds. The molecule has 4 rings (SSSR count). The Hall–Kier alpha value is -1.86. The van der Waals surface area contributed by atoms with Crippen molar-refractivity contribution in [1.29, 1.82) is 0 Å². The molecular formula is C17H16O. The van der Waals surface area contributed by atoms with Gasteiger partial charge in [0, 0.05) is 0 Å². The van der Waals surface area contributed by atoms with Gasteiger partial charge in [0.1, 0.15) is 0 Å². The summed E-state index contributed by atoms with van der Waals surface area (Å²) in [6.45, 7) is 3.04. The number of ether oxygens (including phenoxy) is 1. The molecule has 3 aromatic rings. The van der Waals surface area contributed by atoms with E-state index in [0.29, 0.717) is 6.10 Å². The second-order valence-corrected chi connectivity index (χ2v) is 4.69. The Morgan fingerprint density at radius 3 is 1.28 bits per heavy atom. The molecular weight excluding hydrogens is 220 g/mol. The van der Waals surface area contributed by atoms with Crippen LogP contribution in [-0.2, 0) is 4.74 Å². The summed E-state index contributed by atoms with van der Waals surface area (Å²) in [5.74, 6) is 0. The van der Waals surface area contributed by atoms with Crippen LogP contribution in [0.3, 0.4) is 0 Å². The van der Waals surface area contributed by atoms with Gasteiger partial charge in [0.05, 0.1) is 12.7 Å². The van der Waals surface area contributed by atoms with Crippen LogP contribution in [0, 0.1) is 0 Å². The Morgan fingerprint density at radius 1 is 0.778 bits per heavy atom. The SMILES string of the molecule is CC1CO1.c1ccc2cc3ccccc3cc2c1. The molecule has 0 radical (unpaired) electrons. The minimum atomic E-state index is 0.583. The molecule has 0 bridgehead atoms. The summed E-state index contributed by atoms with van der Waals surface area (Å²) in [5, 5.41) is 5.25. The Morgan fingerprint density at radius 2 is 1.06 bits per heavy atom. The van der Waals surface area contributed by atoms with E-state index in [9.17, 15) is 0 Å². The zero-order valence-electron chi connectivity index (χ0n) is 10.5. The molecule has 1 aliphatic rings. The van der Waals surface area contributed by atoms with Gasteiger partial charge in [0.25, 0.3) is 0 Å². The van der Waals surface area contributed by atoms with E-state index in [1.807, 2.05) is 0 Å². The van der Waals surface area contributed by atoms with Gasteiger partial charge in [0.2, 0.25) is 0 Å². The van der Waals surface area contributed by atoms with Crippen LogP contribution in [-0.4, -0.2) is 12.7 Å². The van der Waals surface area contributed by atoms with Gasteiger partial charge in [-0.05, 0) is 40.6 Å². The molecule has 0 aliphatic carbocycles. The molecule has 90 valence electrons. The minimum Gasteiger partial charge on any atom is -0.373 e. The van der Waals surface area contributed by atoms with Crippen LogP contribution in [0.4, 0.5) is 0 Å². The number of fused-ring (bicyclic) bond motifs is 2. The van der Waals surface area contributed by atoms with E-state index < -0.39 is 0 Å². The Bertz CT molecular complexity index is 563. The zero-order chi connectivity index (χ0) is 12.4. The quantitative estimate of drug-likeness (QED) is 0.416. The highest BCUT2D eigenvalue weighted by Crippen LogP contribution is 2.21. The maximum Gasteiger partial charge on any atom is 0.0781 e. The highest BCUT2D eigenvalue weighted by molar-refractivity contribution is 5.98. The average Bonchev–Trinajstić information content (AvgIpc) is 3.19. The molecule has 1 atom stereocenters. The molecule has 18 heavy (non-hydrogen) atoms. The fourth-order valence-electron chi connectivity index (χ4n) is 1.98. The highest BCUT2D eigenvalue weighted by Gasteiger charge is 2.13. The second kappa shape index (κ2) is 4.79. The van der Waals surface area contributed by atoms with Crippen LogP contribution in [0.2, 0.25) is 0 Å². The lowest BCUT2D eigenvalue weighted by Gasteiger charge is -2.00. The van der Waals surface area contributed by atoms with Gasteiger partial charge in [-0.25, -0.2) is 0 Å². The van der Waals surface area contributed by atoms with Crippen molar-refractivity contribution in [2.45, 2.75) is 13.0 Å². The van der Waals surface area contributed by atoms with Crippen LogP contribution < -0.4 is 0 Å². The lowest BCUT2D eigenvalue weighted by Crippen LogP contribution is -1.74. The number of epoxide rings is 1. The first kappa shape index (κ1) is 11.2. The third-order valence-corrected chi connectivity index (χ3v) is 3.11. The third-order valence-electron chi connectivity index (χ3n) is 3.11. The molecule has 1 heterocycles. The number of benzene rings is 3. The fourth-order valence-corrected chi connectivity index (χ4v) is 1.98. The van der Waals surface area contributed by atoms with Crippen molar-refractivity contribution in [2.24, 2.45) is 0 Å². The van der Waals surface area contributed by atoms with Crippen LogP contribution in [0.25, 0.3) is 21.5 Å². The van der Waals surface area contributed by atoms with Gasteiger partial charge in [-0.3, -0.25) is 0 Å². The van der Waals surface area contributed by atoms with E-state index in [2.05, 4.69) is 67.6 Å². The van der Waals surface area contributed by atoms with Gasteiger partial charge in [-0.15, -0.1) is 0 Å². The molecule has 1 fully saturated rings. The van der Waals surface area contributed by atoms with Crippen molar-refractivity contribution in [3.05, 3.63) is 60.7 Å². The van der Waals surface area contributed by atoms with Crippen molar-refractivity contribution in [1.82, 2.24) is 0 Å². The minimum absolute atomic E-state index is 0.583. The maximum absolute atomic E-state index is 4.71. The van der Waals surface area contributed by atoms with Crippen molar-refractivity contribution in [3.63, 3.8) is 0 Å². The molecule has 1 saturated heterocycles. The second-order valence-electron chi connectivity index (χ2n) is 4.69. The summed E-state index contributed by atoms with van der Waals surface area (Å²) in [4.78, 5) is 0. The standard InChI is InChI=1S/C14H10.C3H6O/c1-2-6-12-10-14-8-4-3-7-13(14)9-11(12)5-1;1-3-2-4-3/h1-10H;3H,2H2,1H3. The van der Waals surface area contributed by atoms with Crippen LogP contribution in [0.5, 0.6) is 0 Å². The summed E-state index contributed by atoms with van der Waals surface area (Å²) in [6.07, 6.45) is 0.583. The summed E-state index contributed by atoms with van der Waals surface area (Å²) < 4.78 is 4.71. The van der Waals surface area contributed by atoms with Gasteiger partial charge in [-0.2, -0.15) is 0 Å². The predicted molar refractivity (Wildman–Crippen MR) is 76.9 cm³/mol. The maximum atomic E-state index is 4.71. The van der Waals surface area contributed by atoms with E-state index in [1.165, 1.54) is 21.5 Å². The van der Waals surface area contributed by atoms with E-state index in [0.717, 1.165) is 6.61 Å².